The molecule has 0 amide bonds. The van der Waals surface area contributed by atoms with Crippen molar-refractivity contribution in [3.8, 4) is 5.75 Å². The molecule has 4 aromatic rings. The zero-order valence-electron chi connectivity index (χ0n) is 22.1. The molecule has 0 aliphatic carbocycles. The molecule has 1 aliphatic rings. The first-order chi connectivity index (χ1) is 19.4. The number of carbonyl (C=O) groups is 1. The molecule has 3 aromatic carbocycles. The first kappa shape index (κ1) is 27.6. The van der Waals surface area contributed by atoms with E-state index >= 15 is 0 Å². The molecule has 0 bridgehead atoms. The van der Waals surface area contributed by atoms with Gasteiger partial charge in [0, 0.05) is 16.5 Å². The van der Waals surface area contributed by atoms with Crippen molar-refractivity contribution >= 4 is 35.1 Å². The predicted octanol–water partition coefficient (Wildman–Crippen LogP) is 6.69. The fourth-order valence-corrected chi connectivity index (χ4v) is 5.72. The Morgan fingerprint density at radius 1 is 1.02 bits per heavy atom. The van der Waals surface area contributed by atoms with Crippen LogP contribution in [0.15, 0.2) is 100 Å². The molecule has 1 aromatic heterocycles. The Balaban J connectivity index is 1.46. The van der Waals surface area contributed by atoms with Gasteiger partial charge in [-0.15, -0.1) is 0 Å². The SMILES string of the molecule is CCOC(=O)C1=C(C)Nc2nc(SCc3ccccc3Cl)[nH]c(=O)c2C1c1ccc(OCc2ccccc2)cc1. The van der Waals surface area contributed by atoms with Gasteiger partial charge in [-0.25, -0.2) is 9.78 Å². The van der Waals surface area contributed by atoms with Crippen LogP contribution < -0.4 is 15.6 Å². The molecule has 2 heterocycles. The number of H-pyrrole nitrogens is 1. The molecule has 0 spiro atoms. The number of halogens is 1. The average Bonchev–Trinajstić information content (AvgIpc) is 2.96. The van der Waals surface area contributed by atoms with Crippen molar-refractivity contribution in [1.82, 2.24) is 9.97 Å². The Hall–Kier alpha value is -4.01. The number of allylic oxidation sites excluding steroid dienone is 1. The number of ether oxygens (including phenoxy) is 2. The number of hydrogen-bond acceptors (Lipinski definition) is 7. The van der Waals surface area contributed by atoms with Crippen LogP contribution in [0.5, 0.6) is 5.75 Å². The maximum Gasteiger partial charge on any atom is 0.336 e. The van der Waals surface area contributed by atoms with Crippen LogP contribution in [0.2, 0.25) is 5.02 Å². The molecule has 7 nitrogen and oxygen atoms in total. The second kappa shape index (κ2) is 12.4. The van der Waals surface area contributed by atoms with Crippen molar-refractivity contribution in [2.75, 3.05) is 11.9 Å². The second-order valence-electron chi connectivity index (χ2n) is 9.17. The predicted molar refractivity (Wildman–Crippen MR) is 158 cm³/mol. The highest BCUT2D eigenvalue weighted by atomic mass is 35.5. The molecule has 0 radical (unpaired) electrons. The summed E-state index contributed by atoms with van der Waals surface area (Å²) in [4.78, 5) is 34.2. The van der Waals surface area contributed by atoms with Gasteiger partial charge in [-0.1, -0.05) is 84.0 Å². The first-order valence-electron chi connectivity index (χ1n) is 12.9. The molecule has 204 valence electrons. The smallest absolute Gasteiger partial charge is 0.336 e. The number of hydrogen-bond donors (Lipinski definition) is 2. The van der Waals surface area contributed by atoms with Crippen molar-refractivity contribution in [1.29, 1.82) is 0 Å². The minimum Gasteiger partial charge on any atom is -0.489 e. The Bertz CT molecular complexity index is 1600. The number of rotatable bonds is 9. The fraction of sp³-hybridized carbons (Fsp3) is 0.194. The highest BCUT2D eigenvalue weighted by Crippen LogP contribution is 2.40. The van der Waals surface area contributed by atoms with Crippen LogP contribution >= 0.6 is 23.4 Å². The van der Waals surface area contributed by atoms with E-state index in [4.69, 9.17) is 26.1 Å². The third-order valence-corrected chi connectivity index (χ3v) is 7.79. The topological polar surface area (TPSA) is 93.3 Å². The molecule has 1 unspecified atom stereocenters. The number of nitrogens with zero attached hydrogens (tertiary/aromatic N) is 1. The molecular formula is C31H28ClN3O4S. The lowest BCUT2D eigenvalue weighted by atomic mass is 9.82. The Morgan fingerprint density at radius 3 is 2.48 bits per heavy atom. The molecule has 0 saturated heterocycles. The van der Waals surface area contributed by atoms with Gasteiger partial charge in [0.2, 0.25) is 0 Å². The fourth-order valence-electron chi connectivity index (χ4n) is 4.57. The Morgan fingerprint density at radius 2 is 1.75 bits per heavy atom. The summed E-state index contributed by atoms with van der Waals surface area (Å²) in [6.07, 6.45) is 0. The summed E-state index contributed by atoms with van der Waals surface area (Å²) in [5.74, 6) is 0.475. The molecule has 0 saturated carbocycles. The summed E-state index contributed by atoms with van der Waals surface area (Å²) in [5.41, 5.74) is 3.73. The molecule has 1 atom stereocenters. The molecule has 40 heavy (non-hydrogen) atoms. The number of anilines is 1. The van der Waals surface area contributed by atoms with Crippen LogP contribution in [0.1, 0.15) is 42.0 Å². The zero-order chi connectivity index (χ0) is 28.1. The number of fused-ring (bicyclic) bond motifs is 1. The first-order valence-corrected chi connectivity index (χ1v) is 14.2. The van der Waals surface area contributed by atoms with Crippen molar-refractivity contribution in [3.63, 3.8) is 0 Å². The largest absolute Gasteiger partial charge is 0.489 e. The van der Waals surface area contributed by atoms with Gasteiger partial charge in [0.05, 0.1) is 23.7 Å². The van der Waals surface area contributed by atoms with Crippen molar-refractivity contribution in [2.24, 2.45) is 0 Å². The van der Waals surface area contributed by atoms with E-state index in [1.54, 1.807) is 13.8 Å². The van der Waals surface area contributed by atoms with E-state index in [0.717, 1.165) is 16.7 Å². The number of aromatic nitrogens is 2. The molecule has 5 rings (SSSR count). The van der Waals surface area contributed by atoms with E-state index in [1.807, 2.05) is 78.9 Å². The van der Waals surface area contributed by atoms with Crippen LogP contribution in [-0.2, 0) is 21.9 Å². The normalized spacial score (nSPS) is 14.3. The Kier molecular flexibility index (Phi) is 8.57. The summed E-state index contributed by atoms with van der Waals surface area (Å²) < 4.78 is 11.3. The van der Waals surface area contributed by atoms with Crippen molar-refractivity contribution < 1.29 is 14.3 Å². The van der Waals surface area contributed by atoms with Gasteiger partial charge in [-0.3, -0.25) is 4.79 Å². The highest BCUT2D eigenvalue weighted by molar-refractivity contribution is 7.98. The maximum absolute atomic E-state index is 13.5. The summed E-state index contributed by atoms with van der Waals surface area (Å²) >= 11 is 7.68. The van der Waals surface area contributed by atoms with E-state index < -0.39 is 11.9 Å². The van der Waals surface area contributed by atoms with Crippen LogP contribution in [-0.4, -0.2) is 22.5 Å². The van der Waals surface area contributed by atoms with Gasteiger partial charge < -0.3 is 19.8 Å². The summed E-state index contributed by atoms with van der Waals surface area (Å²) in [6.45, 7) is 4.19. The molecule has 2 N–H and O–H groups in total. The average molecular weight is 574 g/mol. The molecular weight excluding hydrogens is 546 g/mol. The van der Waals surface area contributed by atoms with Crippen LogP contribution in [0.25, 0.3) is 0 Å². The number of carbonyl (C=O) groups excluding carboxylic acids is 1. The lowest BCUT2D eigenvalue weighted by molar-refractivity contribution is -0.138. The van der Waals surface area contributed by atoms with E-state index in [-0.39, 0.29) is 12.2 Å². The lowest BCUT2D eigenvalue weighted by Gasteiger charge is -2.29. The Labute approximate surface area is 241 Å². The summed E-state index contributed by atoms with van der Waals surface area (Å²) in [5, 5.41) is 4.28. The molecule has 1 aliphatic heterocycles. The van der Waals surface area contributed by atoms with Gasteiger partial charge in [-0.2, -0.15) is 0 Å². The van der Waals surface area contributed by atoms with E-state index in [1.165, 1.54) is 11.8 Å². The van der Waals surface area contributed by atoms with E-state index in [0.29, 0.717) is 50.9 Å². The van der Waals surface area contributed by atoms with Gasteiger partial charge in [-0.05, 0) is 48.7 Å². The van der Waals surface area contributed by atoms with Crippen molar-refractivity contribution in [2.45, 2.75) is 37.3 Å². The summed E-state index contributed by atoms with van der Waals surface area (Å²) in [6, 6.07) is 24.9. The number of thioether (sulfide) groups is 1. The monoisotopic (exact) mass is 573 g/mol. The number of benzene rings is 3. The van der Waals surface area contributed by atoms with Crippen LogP contribution in [0.3, 0.4) is 0 Å². The van der Waals surface area contributed by atoms with E-state index in [9.17, 15) is 9.59 Å². The van der Waals surface area contributed by atoms with Gasteiger partial charge in [0.15, 0.2) is 5.16 Å². The molecule has 0 fully saturated rings. The van der Waals surface area contributed by atoms with E-state index in [2.05, 4.69) is 10.3 Å². The van der Waals surface area contributed by atoms with Crippen LogP contribution in [0, 0.1) is 0 Å². The van der Waals surface area contributed by atoms with Gasteiger partial charge in [0.1, 0.15) is 18.2 Å². The minimum absolute atomic E-state index is 0.216. The quantitative estimate of drug-likeness (QED) is 0.131. The van der Waals surface area contributed by atoms with Crippen molar-refractivity contribution in [3.05, 3.63) is 128 Å². The minimum atomic E-state index is -0.669. The van der Waals surface area contributed by atoms with Gasteiger partial charge >= 0.3 is 5.97 Å². The second-order valence-corrected chi connectivity index (χ2v) is 10.5. The number of aromatic amines is 1. The highest BCUT2D eigenvalue weighted by Gasteiger charge is 2.36. The maximum atomic E-state index is 13.5. The molecule has 9 heteroatoms. The van der Waals surface area contributed by atoms with Gasteiger partial charge in [0.25, 0.3) is 5.56 Å². The number of nitrogens with one attached hydrogen (secondary N) is 2. The third kappa shape index (κ3) is 6.08. The third-order valence-electron chi connectivity index (χ3n) is 6.50. The summed E-state index contributed by atoms with van der Waals surface area (Å²) in [7, 11) is 0. The zero-order valence-corrected chi connectivity index (χ0v) is 23.6. The standard InChI is InChI=1S/C31H28ClN3O4S/c1-3-38-30(37)25-19(2)33-28-27(29(36)35-31(34-28)40-18-22-11-7-8-12-24(22)32)26(25)21-13-15-23(16-14-21)39-17-20-9-5-4-6-10-20/h4-16,26H,3,17-18H2,1-2H3,(H2,33,34,35,36). The van der Waals surface area contributed by atoms with Crippen LogP contribution in [0.4, 0.5) is 5.82 Å². The number of esters is 1. The lowest BCUT2D eigenvalue weighted by Crippen LogP contribution is -2.31.